The molecular weight excluding hydrogens is 426 g/mol. The third-order valence-corrected chi connectivity index (χ3v) is 6.03. The monoisotopic (exact) mass is 449 g/mol. The molecule has 0 saturated carbocycles. The normalized spacial score (nSPS) is 10.2. The molecule has 0 saturated heterocycles. The minimum absolute atomic E-state index is 0.0204. The first-order valence-corrected chi connectivity index (χ1v) is 11.6. The zero-order valence-corrected chi connectivity index (χ0v) is 19.1. The number of para-hydroxylation sites is 1. The van der Waals surface area contributed by atoms with Gasteiger partial charge in [0, 0.05) is 5.75 Å². The van der Waals surface area contributed by atoms with Crippen LogP contribution in [0, 0.1) is 0 Å². The fraction of sp³-hybridized carbons (Fsp3) is 0.0690. The number of hydrogen-bond acceptors (Lipinski definition) is 4. The average Bonchev–Trinajstić information content (AvgIpc) is 2.89. The summed E-state index contributed by atoms with van der Waals surface area (Å²) >= 11 is 1.26. The van der Waals surface area contributed by atoms with Crippen LogP contribution in [-0.4, -0.2) is 18.1 Å². The van der Waals surface area contributed by atoms with E-state index in [9.17, 15) is 4.79 Å². The summed E-state index contributed by atoms with van der Waals surface area (Å²) in [5.41, 5.74) is 5.16. The Morgan fingerprint density at radius 1 is 0.788 bits per heavy atom. The van der Waals surface area contributed by atoms with Crippen molar-refractivity contribution >= 4 is 34.0 Å². The minimum Gasteiger partial charge on any atom is -0.497 e. The van der Waals surface area contributed by atoms with Gasteiger partial charge in [-0.15, -0.1) is 0 Å². The zero-order valence-electron chi connectivity index (χ0n) is 18.3. The summed E-state index contributed by atoms with van der Waals surface area (Å²) < 4.78 is 5.19. The van der Waals surface area contributed by atoms with E-state index in [0.29, 0.717) is 17.0 Å². The molecule has 0 heterocycles. The second kappa shape index (κ2) is 11.1. The highest BCUT2D eigenvalue weighted by molar-refractivity contribution is 8.13. The van der Waals surface area contributed by atoms with Crippen LogP contribution in [0.1, 0.15) is 27.0 Å². The third-order valence-electron chi connectivity index (χ3n) is 5.07. The Morgan fingerprint density at radius 3 is 1.97 bits per heavy atom. The van der Waals surface area contributed by atoms with Gasteiger partial charge in [-0.2, -0.15) is 0 Å². The predicted molar refractivity (Wildman–Crippen MR) is 138 cm³/mol. The van der Waals surface area contributed by atoms with Gasteiger partial charge in [-0.1, -0.05) is 96.7 Å². The summed E-state index contributed by atoms with van der Waals surface area (Å²) in [6.07, 6.45) is 0. The van der Waals surface area contributed by atoms with E-state index < -0.39 is 0 Å². The predicted octanol–water partition coefficient (Wildman–Crippen LogP) is 7.20. The molecule has 4 heteroatoms. The Morgan fingerprint density at radius 2 is 1.36 bits per heavy atom. The molecule has 0 atom stereocenters. The molecule has 0 aliphatic carbocycles. The number of methoxy groups -OCH3 is 1. The highest BCUT2D eigenvalue weighted by Gasteiger charge is 2.12. The number of nitrogens with zero attached hydrogens (tertiary/aromatic N) is 1. The zero-order chi connectivity index (χ0) is 22.9. The molecule has 4 aromatic carbocycles. The second-order valence-corrected chi connectivity index (χ2v) is 8.22. The van der Waals surface area contributed by atoms with Gasteiger partial charge < -0.3 is 4.74 Å². The second-order valence-electron chi connectivity index (χ2n) is 7.27. The number of rotatable bonds is 7. The highest BCUT2D eigenvalue weighted by Crippen LogP contribution is 2.27. The van der Waals surface area contributed by atoms with E-state index in [-0.39, 0.29) is 5.12 Å². The van der Waals surface area contributed by atoms with E-state index >= 15 is 0 Å². The van der Waals surface area contributed by atoms with Crippen LogP contribution >= 0.6 is 11.8 Å². The fourth-order valence-corrected chi connectivity index (χ4v) is 4.13. The lowest BCUT2D eigenvalue weighted by Gasteiger charge is -2.06. The van der Waals surface area contributed by atoms with Crippen LogP contribution < -0.4 is 4.74 Å². The fourth-order valence-electron chi connectivity index (χ4n) is 3.31. The molecule has 162 valence electrons. The molecule has 0 aromatic heterocycles. The Kier molecular flexibility index (Phi) is 7.55. The SMILES string of the molecule is COc1ccc(CSC(=O)c2ccccc2N=C=C(c2ccccc2)c2ccccc2)cc1. The summed E-state index contributed by atoms with van der Waals surface area (Å²) in [7, 11) is 1.64. The molecule has 0 unspecified atom stereocenters. The van der Waals surface area contributed by atoms with E-state index in [1.807, 2.05) is 109 Å². The standard InChI is InChI=1S/C29H23NO2S/c1-32-25-18-16-22(17-19-25)21-33-29(31)26-14-8-9-15-28(26)30-20-27(23-10-4-2-5-11-23)24-12-6-3-7-13-24/h2-19H,21H2,1H3. The summed E-state index contributed by atoms with van der Waals surface area (Å²) in [6.45, 7) is 0. The number of ether oxygens (including phenoxy) is 1. The smallest absolute Gasteiger partial charge is 0.221 e. The Hall–Kier alpha value is -3.85. The van der Waals surface area contributed by atoms with Crippen molar-refractivity contribution in [2.24, 2.45) is 4.99 Å². The molecule has 0 fully saturated rings. The first-order valence-electron chi connectivity index (χ1n) is 10.6. The van der Waals surface area contributed by atoms with E-state index in [4.69, 9.17) is 4.74 Å². The lowest BCUT2D eigenvalue weighted by Crippen LogP contribution is -1.95. The van der Waals surface area contributed by atoms with E-state index in [1.54, 1.807) is 7.11 Å². The van der Waals surface area contributed by atoms with Gasteiger partial charge in [0.1, 0.15) is 5.75 Å². The van der Waals surface area contributed by atoms with Gasteiger partial charge in [-0.3, -0.25) is 4.79 Å². The van der Waals surface area contributed by atoms with Crippen LogP contribution in [0.25, 0.3) is 5.57 Å². The highest BCUT2D eigenvalue weighted by atomic mass is 32.2. The number of carbonyl (C=O) groups is 1. The topological polar surface area (TPSA) is 38.7 Å². The molecule has 0 amide bonds. The van der Waals surface area contributed by atoms with Gasteiger partial charge in [0.25, 0.3) is 0 Å². The molecule has 0 radical (unpaired) electrons. The Balaban J connectivity index is 1.62. The molecule has 0 aliphatic heterocycles. The maximum Gasteiger partial charge on any atom is 0.221 e. The number of carbonyl (C=O) groups excluding carboxylic acids is 1. The molecule has 0 aliphatic rings. The minimum atomic E-state index is -0.0204. The van der Waals surface area contributed by atoms with Crippen molar-refractivity contribution in [3.8, 4) is 5.75 Å². The van der Waals surface area contributed by atoms with Crippen LogP contribution in [0.5, 0.6) is 5.75 Å². The molecule has 4 aromatic rings. The van der Waals surface area contributed by atoms with Crippen LogP contribution in [-0.2, 0) is 5.75 Å². The molecule has 4 rings (SSSR count). The molecule has 0 bridgehead atoms. The van der Waals surface area contributed by atoms with Crippen LogP contribution in [0.15, 0.2) is 114 Å². The summed E-state index contributed by atoms with van der Waals surface area (Å²) in [6, 6.07) is 35.2. The maximum atomic E-state index is 13.0. The van der Waals surface area contributed by atoms with Gasteiger partial charge in [-0.05, 0) is 46.8 Å². The van der Waals surface area contributed by atoms with Gasteiger partial charge in [0.2, 0.25) is 5.12 Å². The summed E-state index contributed by atoms with van der Waals surface area (Å²) in [4.78, 5) is 17.6. The van der Waals surface area contributed by atoms with Crippen molar-refractivity contribution in [1.29, 1.82) is 0 Å². The lowest BCUT2D eigenvalue weighted by atomic mass is 9.99. The first-order chi connectivity index (χ1) is 16.2. The Labute approximate surface area is 198 Å². The van der Waals surface area contributed by atoms with Crippen molar-refractivity contribution in [2.75, 3.05) is 7.11 Å². The molecular formula is C29H23NO2S. The number of benzene rings is 4. The van der Waals surface area contributed by atoms with E-state index in [1.165, 1.54) is 11.8 Å². The van der Waals surface area contributed by atoms with Crippen molar-refractivity contribution in [3.05, 3.63) is 131 Å². The molecule has 33 heavy (non-hydrogen) atoms. The van der Waals surface area contributed by atoms with Crippen LogP contribution in [0.3, 0.4) is 0 Å². The number of thioether (sulfide) groups is 1. The number of aliphatic imine (C=N–C) groups is 1. The Bertz CT molecular complexity index is 1230. The molecule has 0 N–H and O–H groups in total. The van der Waals surface area contributed by atoms with Crippen molar-refractivity contribution in [1.82, 2.24) is 0 Å². The van der Waals surface area contributed by atoms with Crippen molar-refractivity contribution in [2.45, 2.75) is 5.75 Å². The summed E-state index contributed by atoms with van der Waals surface area (Å²) in [5, 5.41) is -0.0204. The largest absolute Gasteiger partial charge is 0.497 e. The van der Waals surface area contributed by atoms with Gasteiger partial charge in [0.05, 0.1) is 23.9 Å². The van der Waals surface area contributed by atoms with E-state index in [2.05, 4.69) is 10.9 Å². The van der Waals surface area contributed by atoms with Crippen molar-refractivity contribution < 1.29 is 9.53 Å². The van der Waals surface area contributed by atoms with Gasteiger partial charge in [-0.25, -0.2) is 4.99 Å². The van der Waals surface area contributed by atoms with Gasteiger partial charge >= 0.3 is 0 Å². The van der Waals surface area contributed by atoms with Crippen LogP contribution in [0.4, 0.5) is 5.69 Å². The molecule has 0 spiro atoms. The average molecular weight is 450 g/mol. The first kappa shape index (κ1) is 22.3. The van der Waals surface area contributed by atoms with E-state index in [0.717, 1.165) is 28.0 Å². The number of hydrogen-bond donors (Lipinski definition) is 0. The molecule has 3 nitrogen and oxygen atoms in total. The third kappa shape index (κ3) is 5.89. The van der Waals surface area contributed by atoms with Crippen molar-refractivity contribution in [3.63, 3.8) is 0 Å². The maximum absolute atomic E-state index is 13.0. The van der Waals surface area contributed by atoms with Gasteiger partial charge in [0.15, 0.2) is 0 Å². The summed E-state index contributed by atoms with van der Waals surface area (Å²) in [5.74, 6) is 4.60. The quantitative estimate of drug-likeness (QED) is 0.280. The lowest BCUT2D eigenvalue weighted by molar-refractivity contribution is 0.108. The van der Waals surface area contributed by atoms with Crippen LogP contribution in [0.2, 0.25) is 0 Å².